The first-order valence-corrected chi connectivity index (χ1v) is 5.22. The molecule has 1 aliphatic carbocycles. The molecule has 0 aliphatic heterocycles. The number of benzene rings is 1. The number of rotatable bonds is 4. The Bertz CT molecular complexity index is 318. The number of aliphatic hydroxyl groups is 1. The summed E-state index contributed by atoms with van der Waals surface area (Å²) < 4.78 is 0. The summed E-state index contributed by atoms with van der Waals surface area (Å²) in [4.78, 5) is 0. The van der Waals surface area contributed by atoms with Crippen molar-refractivity contribution in [1.29, 1.82) is 0 Å². The van der Waals surface area contributed by atoms with Crippen molar-refractivity contribution in [2.24, 2.45) is 5.73 Å². The van der Waals surface area contributed by atoms with Crippen molar-refractivity contribution < 1.29 is 5.11 Å². The molecule has 1 aliphatic rings. The molecular weight excluding hydrogens is 174 g/mol. The van der Waals surface area contributed by atoms with Crippen molar-refractivity contribution in [2.75, 3.05) is 6.54 Å². The molecule has 0 heterocycles. The Balaban J connectivity index is 2.06. The number of nitrogens with two attached hydrogens (primary N) is 1. The maximum Gasteiger partial charge on any atom is 0.0690 e. The summed E-state index contributed by atoms with van der Waals surface area (Å²) in [7, 11) is 0. The van der Waals surface area contributed by atoms with Crippen molar-refractivity contribution in [3.05, 3.63) is 35.4 Å². The van der Waals surface area contributed by atoms with E-state index in [0.29, 0.717) is 6.54 Å². The Labute approximate surface area is 84.7 Å². The monoisotopic (exact) mass is 191 g/mol. The van der Waals surface area contributed by atoms with E-state index in [1.165, 1.54) is 11.1 Å². The summed E-state index contributed by atoms with van der Waals surface area (Å²) in [5.41, 5.74) is 7.62. The molecule has 0 amide bonds. The molecule has 3 N–H and O–H groups in total. The average molecular weight is 191 g/mol. The SMILES string of the molecule is NCCc1cccc(CC2(O)CC2)c1. The first-order valence-electron chi connectivity index (χ1n) is 5.22. The summed E-state index contributed by atoms with van der Waals surface area (Å²) in [6.07, 6.45) is 3.62. The molecule has 14 heavy (non-hydrogen) atoms. The van der Waals surface area contributed by atoms with Crippen molar-refractivity contribution in [1.82, 2.24) is 0 Å². The van der Waals surface area contributed by atoms with Crippen LogP contribution in [0, 0.1) is 0 Å². The van der Waals surface area contributed by atoms with Gasteiger partial charge >= 0.3 is 0 Å². The van der Waals surface area contributed by atoms with E-state index < -0.39 is 0 Å². The first-order chi connectivity index (χ1) is 6.72. The van der Waals surface area contributed by atoms with Gasteiger partial charge in [-0.2, -0.15) is 0 Å². The van der Waals surface area contributed by atoms with Gasteiger partial charge in [-0.05, 0) is 36.9 Å². The van der Waals surface area contributed by atoms with Crippen LogP contribution in [-0.4, -0.2) is 17.3 Å². The molecule has 2 rings (SSSR count). The van der Waals surface area contributed by atoms with Gasteiger partial charge in [0.1, 0.15) is 0 Å². The van der Waals surface area contributed by atoms with Gasteiger partial charge in [0.25, 0.3) is 0 Å². The Morgan fingerprint density at radius 1 is 1.29 bits per heavy atom. The van der Waals surface area contributed by atoms with E-state index in [9.17, 15) is 5.11 Å². The average Bonchev–Trinajstić information content (AvgIpc) is 2.84. The van der Waals surface area contributed by atoms with Gasteiger partial charge in [-0.25, -0.2) is 0 Å². The van der Waals surface area contributed by atoms with Crippen LogP contribution in [0.4, 0.5) is 0 Å². The molecule has 0 aromatic heterocycles. The number of hydrogen-bond donors (Lipinski definition) is 2. The fourth-order valence-electron chi connectivity index (χ4n) is 1.76. The lowest BCUT2D eigenvalue weighted by Gasteiger charge is -2.08. The first kappa shape index (κ1) is 9.69. The van der Waals surface area contributed by atoms with Crippen molar-refractivity contribution in [3.8, 4) is 0 Å². The van der Waals surface area contributed by atoms with Crippen molar-refractivity contribution >= 4 is 0 Å². The minimum absolute atomic E-state index is 0.388. The van der Waals surface area contributed by atoms with E-state index in [2.05, 4.69) is 18.2 Å². The Morgan fingerprint density at radius 2 is 2.00 bits per heavy atom. The molecule has 1 aromatic carbocycles. The molecule has 0 atom stereocenters. The quantitative estimate of drug-likeness (QED) is 0.752. The van der Waals surface area contributed by atoms with E-state index in [-0.39, 0.29) is 5.60 Å². The van der Waals surface area contributed by atoms with Gasteiger partial charge in [0, 0.05) is 6.42 Å². The minimum atomic E-state index is -0.388. The lowest BCUT2D eigenvalue weighted by atomic mass is 10.0. The highest BCUT2D eigenvalue weighted by Crippen LogP contribution is 2.38. The van der Waals surface area contributed by atoms with Crippen LogP contribution in [0.5, 0.6) is 0 Å². The third-order valence-corrected chi connectivity index (χ3v) is 2.78. The normalized spacial score (nSPS) is 18.1. The second kappa shape index (κ2) is 3.71. The molecule has 0 saturated heterocycles. The fourth-order valence-corrected chi connectivity index (χ4v) is 1.76. The highest BCUT2D eigenvalue weighted by Gasteiger charge is 2.39. The van der Waals surface area contributed by atoms with Crippen LogP contribution in [0.2, 0.25) is 0 Å². The number of hydrogen-bond acceptors (Lipinski definition) is 2. The topological polar surface area (TPSA) is 46.2 Å². The zero-order valence-corrected chi connectivity index (χ0v) is 8.37. The third kappa shape index (κ3) is 2.34. The van der Waals surface area contributed by atoms with E-state index in [4.69, 9.17) is 5.73 Å². The van der Waals surface area contributed by atoms with Gasteiger partial charge in [-0.3, -0.25) is 0 Å². The summed E-state index contributed by atoms with van der Waals surface area (Å²) in [5, 5.41) is 9.78. The molecule has 0 spiro atoms. The fraction of sp³-hybridized carbons (Fsp3) is 0.500. The highest BCUT2D eigenvalue weighted by atomic mass is 16.3. The van der Waals surface area contributed by atoms with Crippen LogP contribution in [0.15, 0.2) is 24.3 Å². The molecule has 0 bridgehead atoms. The summed E-state index contributed by atoms with van der Waals surface area (Å²) in [6, 6.07) is 8.37. The second-order valence-electron chi connectivity index (χ2n) is 4.26. The highest BCUT2D eigenvalue weighted by molar-refractivity contribution is 5.26. The predicted octanol–water partition coefficient (Wildman–Crippen LogP) is 1.26. The molecule has 0 radical (unpaired) electrons. The van der Waals surface area contributed by atoms with Gasteiger partial charge in [-0.15, -0.1) is 0 Å². The maximum absolute atomic E-state index is 9.78. The van der Waals surface area contributed by atoms with Gasteiger partial charge in [0.05, 0.1) is 5.60 Å². The van der Waals surface area contributed by atoms with Crippen LogP contribution >= 0.6 is 0 Å². The Hall–Kier alpha value is -0.860. The summed E-state index contributed by atoms with van der Waals surface area (Å²) in [5.74, 6) is 0. The van der Waals surface area contributed by atoms with Gasteiger partial charge in [-0.1, -0.05) is 24.3 Å². The zero-order chi connectivity index (χ0) is 10.0. The van der Waals surface area contributed by atoms with E-state index in [0.717, 1.165) is 25.7 Å². The molecule has 1 aromatic rings. The zero-order valence-electron chi connectivity index (χ0n) is 8.37. The molecule has 1 saturated carbocycles. The van der Waals surface area contributed by atoms with E-state index in [1.807, 2.05) is 6.07 Å². The van der Waals surface area contributed by atoms with E-state index in [1.54, 1.807) is 0 Å². The van der Waals surface area contributed by atoms with Crippen LogP contribution in [0.1, 0.15) is 24.0 Å². The predicted molar refractivity (Wildman–Crippen MR) is 57.1 cm³/mol. The molecule has 76 valence electrons. The Morgan fingerprint density at radius 3 is 2.64 bits per heavy atom. The van der Waals surface area contributed by atoms with Gasteiger partial charge < -0.3 is 10.8 Å². The van der Waals surface area contributed by atoms with Crippen LogP contribution in [0.25, 0.3) is 0 Å². The van der Waals surface area contributed by atoms with Crippen molar-refractivity contribution in [3.63, 3.8) is 0 Å². The van der Waals surface area contributed by atoms with Gasteiger partial charge in [0.15, 0.2) is 0 Å². The lowest BCUT2D eigenvalue weighted by molar-refractivity contribution is 0.151. The summed E-state index contributed by atoms with van der Waals surface area (Å²) in [6.45, 7) is 0.688. The largest absolute Gasteiger partial charge is 0.390 e. The maximum atomic E-state index is 9.78. The molecule has 2 nitrogen and oxygen atoms in total. The second-order valence-corrected chi connectivity index (χ2v) is 4.26. The van der Waals surface area contributed by atoms with Crippen LogP contribution < -0.4 is 5.73 Å². The molecule has 0 unspecified atom stereocenters. The van der Waals surface area contributed by atoms with E-state index >= 15 is 0 Å². The van der Waals surface area contributed by atoms with Crippen LogP contribution in [-0.2, 0) is 12.8 Å². The molecule has 2 heteroatoms. The minimum Gasteiger partial charge on any atom is -0.390 e. The summed E-state index contributed by atoms with van der Waals surface area (Å²) >= 11 is 0. The third-order valence-electron chi connectivity index (χ3n) is 2.78. The standard InChI is InChI=1S/C12H17NO/c13-7-4-10-2-1-3-11(8-10)9-12(14)5-6-12/h1-3,8,14H,4-7,9,13H2. The Kier molecular flexibility index (Phi) is 2.57. The smallest absolute Gasteiger partial charge is 0.0690 e. The molecular formula is C12H17NO. The molecule has 1 fully saturated rings. The van der Waals surface area contributed by atoms with Crippen LogP contribution in [0.3, 0.4) is 0 Å². The van der Waals surface area contributed by atoms with Gasteiger partial charge in [0.2, 0.25) is 0 Å². The van der Waals surface area contributed by atoms with Crippen molar-refractivity contribution in [2.45, 2.75) is 31.3 Å². The lowest BCUT2D eigenvalue weighted by Crippen LogP contribution is -2.11.